The molecular formula is C14H13FN4. The fourth-order valence-electron chi connectivity index (χ4n) is 1.93. The Hall–Kier alpha value is -2.43. The summed E-state index contributed by atoms with van der Waals surface area (Å²) in [6, 6.07) is 6.45. The molecule has 0 atom stereocenters. The number of benzene rings is 1. The van der Waals surface area contributed by atoms with Gasteiger partial charge in [-0.1, -0.05) is 0 Å². The van der Waals surface area contributed by atoms with Gasteiger partial charge in [0.2, 0.25) is 5.95 Å². The molecule has 2 heterocycles. The van der Waals surface area contributed by atoms with E-state index in [2.05, 4.69) is 20.3 Å². The summed E-state index contributed by atoms with van der Waals surface area (Å²) >= 11 is 0. The standard InChI is InChI=1S/C14H13FN4/c1-9-4-5-16-7-10(9)8-17-14-18-12-3-2-11(15)6-13(12)19-14/h2-7H,8H2,1H3,(H2,17,18,19). The molecule has 3 rings (SSSR count). The molecule has 1 aromatic carbocycles. The molecule has 0 unspecified atom stereocenters. The van der Waals surface area contributed by atoms with Gasteiger partial charge in [-0.3, -0.25) is 4.98 Å². The first-order chi connectivity index (χ1) is 9.22. The van der Waals surface area contributed by atoms with Crippen LogP contribution in [0.25, 0.3) is 11.0 Å². The molecule has 0 aliphatic carbocycles. The zero-order valence-electron chi connectivity index (χ0n) is 10.4. The monoisotopic (exact) mass is 256 g/mol. The number of halogens is 1. The van der Waals surface area contributed by atoms with E-state index >= 15 is 0 Å². The number of aryl methyl sites for hydroxylation is 1. The molecule has 2 N–H and O–H groups in total. The Morgan fingerprint density at radius 2 is 2.21 bits per heavy atom. The van der Waals surface area contributed by atoms with Gasteiger partial charge in [0, 0.05) is 18.9 Å². The molecule has 0 amide bonds. The third-order valence-electron chi connectivity index (χ3n) is 3.04. The maximum Gasteiger partial charge on any atom is 0.201 e. The van der Waals surface area contributed by atoms with Crippen LogP contribution < -0.4 is 5.32 Å². The molecule has 0 saturated heterocycles. The van der Waals surface area contributed by atoms with Gasteiger partial charge < -0.3 is 10.3 Å². The van der Waals surface area contributed by atoms with Gasteiger partial charge in [0.05, 0.1) is 11.0 Å². The number of nitrogens with zero attached hydrogens (tertiary/aromatic N) is 2. The highest BCUT2D eigenvalue weighted by atomic mass is 19.1. The summed E-state index contributed by atoms with van der Waals surface area (Å²) in [6.45, 7) is 2.66. The second-order valence-corrected chi connectivity index (χ2v) is 4.40. The second-order valence-electron chi connectivity index (χ2n) is 4.40. The lowest BCUT2D eigenvalue weighted by molar-refractivity contribution is 0.629. The first kappa shape index (κ1) is 11.6. The molecule has 2 aromatic heterocycles. The minimum Gasteiger partial charge on any atom is -0.352 e. The molecule has 5 heteroatoms. The van der Waals surface area contributed by atoms with Gasteiger partial charge in [-0.05, 0) is 42.3 Å². The van der Waals surface area contributed by atoms with E-state index in [0.29, 0.717) is 18.0 Å². The van der Waals surface area contributed by atoms with E-state index in [9.17, 15) is 4.39 Å². The lowest BCUT2D eigenvalue weighted by Gasteiger charge is -2.05. The first-order valence-corrected chi connectivity index (χ1v) is 6.01. The third-order valence-corrected chi connectivity index (χ3v) is 3.04. The summed E-state index contributed by atoms with van der Waals surface area (Å²) in [5.41, 5.74) is 3.70. The molecule has 0 bridgehead atoms. The fraction of sp³-hybridized carbons (Fsp3) is 0.143. The SMILES string of the molecule is Cc1ccncc1CNc1nc2ccc(F)cc2[nH]1. The van der Waals surface area contributed by atoms with Crippen LogP contribution in [0.15, 0.2) is 36.7 Å². The summed E-state index contributed by atoms with van der Waals surface area (Å²) in [4.78, 5) is 11.5. The molecule has 96 valence electrons. The largest absolute Gasteiger partial charge is 0.352 e. The van der Waals surface area contributed by atoms with Gasteiger partial charge in [-0.25, -0.2) is 9.37 Å². The molecule has 0 saturated carbocycles. The van der Waals surface area contributed by atoms with Crippen molar-refractivity contribution in [3.63, 3.8) is 0 Å². The molecule has 0 spiro atoms. The van der Waals surface area contributed by atoms with E-state index in [4.69, 9.17) is 0 Å². The van der Waals surface area contributed by atoms with E-state index in [-0.39, 0.29) is 5.82 Å². The number of aromatic nitrogens is 3. The number of rotatable bonds is 3. The molecule has 19 heavy (non-hydrogen) atoms. The minimum absolute atomic E-state index is 0.272. The average Bonchev–Trinajstić information content (AvgIpc) is 2.79. The van der Waals surface area contributed by atoms with Crippen LogP contribution in [0.4, 0.5) is 10.3 Å². The maximum absolute atomic E-state index is 13.1. The van der Waals surface area contributed by atoms with E-state index in [0.717, 1.165) is 11.1 Å². The van der Waals surface area contributed by atoms with Crippen molar-refractivity contribution >= 4 is 17.0 Å². The Morgan fingerprint density at radius 3 is 3.05 bits per heavy atom. The molecule has 0 radical (unpaired) electrons. The van der Waals surface area contributed by atoms with Crippen molar-refractivity contribution in [3.05, 3.63) is 53.6 Å². The molecule has 0 aliphatic rings. The highest BCUT2D eigenvalue weighted by Gasteiger charge is 2.04. The molecule has 4 nitrogen and oxygen atoms in total. The summed E-state index contributed by atoms with van der Waals surface area (Å²) in [7, 11) is 0. The Morgan fingerprint density at radius 1 is 1.32 bits per heavy atom. The highest BCUT2D eigenvalue weighted by molar-refractivity contribution is 5.77. The van der Waals surface area contributed by atoms with Crippen LogP contribution in [0.3, 0.4) is 0 Å². The van der Waals surface area contributed by atoms with E-state index < -0.39 is 0 Å². The van der Waals surface area contributed by atoms with Crippen LogP contribution in [0.2, 0.25) is 0 Å². The highest BCUT2D eigenvalue weighted by Crippen LogP contribution is 2.16. The van der Waals surface area contributed by atoms with Crippen molar-refractivity contribution in [2.45, 2.75) is 13.5 Å². The summed E-state index contributed by atoms with van der Waals surface area (Å²) < 4.78 is 13.1. The van der Waals surface area contributed by atoms with Crippen molar-refractivity contribution in [3.8, 4) is 0 Å². The number of nitrogens with one attached hydrogen (secondary N) is 2. The number of imidazole rings is 1. The number of aromatic amines is 1. The Balaban J connectivity index is 1.80. The van der Waals surface area contributed by atoms with Crippen LogP contribution in [-0.4, -0.2) is 15.0 Å². The van der Waals surface area contributed by atoms with Crippen molar-refractivity contribution < 1.29 is 4.39 Å². The van der Waals surface area contributed by atoms with Crippen LogP contribution in [0.1, 0.15) is 11.1 Å². The van der Waals surface area contributed by atoms with Crippen molar-refractivity contribution in [1.29, 1.82) is 0 Å². The number of pyridine rings is 1. The van der Waals surface area contributed by atoms with E-state index in [1.165, 1.54) is 17.7 Å². The number of hydrogen-bond donors (Lipinski definition) is 2. The molecule has 0 aliphatic heterocycles. The van der Waals surface area contributed by atoms with Crippen molar-refractivity contribution in [2.75, 3.05) is 5.32 Å². The topological polar surface area (TPSA) is 53.6 Å². The van der Waals surface area contributed by atoms with Gasteiger partial charge in [-0.2, -0.15) is 0 Å². The van der Waals surface area contributed by atoms with Gasteiger partial charge in [0.25, 0.3) is 0 Å². The second kappa shape index (κ2) is 4.68. The summed E-state index contributed by atoms with van der Waals surface area (Å²) in [5, 5.41) is 3.18. The Bertz CT molecular complexity index is 720. The zero-order chi connectivity index (χ0) is 13.2. The van der Waals surface area contributed by atoms with Crippen molar-refractivity contribution in [1.82, 2.24) is 15.0 Å². The molecule has 3 aromatic rings. The number of H-pyrrole nitrogens is 1. The first-order valence-electron chi connectivity index (χ1n) is 6.01. The maximum atomic E-state index is 13.1. The minimum atomic E-state index is -0.272. The quantitative estimate of drug-likeness (QED) is 0.757. The Kier molecular flexibility index (Phi) is 2.87. The average molecular weight is 256 g/mol. The summed E-state index contributed by atoms with van der Waals surface area (Å²) in [6.07, 6.45) is 3.59. The predicted octanol–water partition coefficient (Wildman–Crippen LogP) is 3.02. The zero-order valence-corrected chi connectivity index (χ0v) is 10.4. The Labute approximate surface area is 109 Å². The molecule has 0 fully saturated rings. The van der Waals surface area contributed by atoms with Crippen LogP contribution >= 0.6 is 0 Å². The number of fused-ring (bicyclic) bond motifs is 1. The van der Waals surface area contributed by atoms with Crippen LogP contribution in [0, 0.1) is 12.7 Å². The lowest BCUT2D eigenvalue weighted by Crippen LogP contribution is -2.02. The van der Waals surface area contributed by atoms with Gasteiger partial charge >= 0.3 is 0 Å². The van der Waals surface area contributed by atoms with Gasteiger partial charge in [0.15, 0.2) is 0 Å². The fourth-order valence-corrected chi connectivity index (χ4v) is 1.93. The number of hydrogen-bond acceptors (Lipinski definition) is 3. The molecular weight excluding hydrogens is 243 g/mol. The summed E-state index contributed by atoms with van der Waals surface area (Å²) in [5.74, 6) is 0.356. The third kappa shape index (κ3) is 2.40. The van der Waals surface area contributed by atoms with E-state index in [1.807, 2.05) is 19.2 Å². The lowest BCUT2D eigenvalue weighted by atomic mass is 10.2. The van der Waals surface area contributed by atoms with Crippen LogP contribution in [-0.2, 0) is 6.54 Å². The smallest absolute Gasteiger partial charge is 0.201 e. The van der Waals surface area contributed by atoms with Gasteiger partial charge in [0.1, 0.15) is 5.82 Å². The number of anilines is 1. The normalized spacial score (nSPS) is 10.8. The predicted molar refractivity (Wildman–Crippen MR) is 72.4 cm³/mol. The van der Waals surface area contributed by atoms with Crippen molar-refractivity contribution in [2.24, 2.45) is 0 Å². The van der Waals surface area contributed by atoms with Crippen LogP contribution in [0.5, 0.6) is 0 Å². The van der Waals surface area contributed by atoms with Gasteiger partial charge in [-0.15, -0.1) is 0 Å². The van der Waals surface area contributed by atoms with E-state index in [1.54, 1.807) is 12.3 Å².